The Hall–Kier alpha value is -2.27. The Labute approximate surface area is 175 Å². The molecule has 0 spiro atoms. The van der Waals surface area contributed by atoms with E-state index in [0.29, 0.717) is 17.9 Å². The molecule has 1 unspecified atom stereocenters. The van der Waals surface area contributed by atoms with Crippen LogP contribution < -0.4 is 5.56 Å². The van der Waals surface area contributed by atoms with Crippen LogP contribution in [-0.4, -0.2) is 15.3 Å². The summed E-state index contributed by atoms with van der Waals surface area (Å²) in [6.45, 7) is 8.44. The van der Waals surface area contributed by atoms with Crippen LogP contribution in [-0.2, 0) is 25.8 Å². The molecule has 0 saturated carbocycles. The SMILES string of the molecule is CCCc1nc2sc3c(c2c(=O)n1CC(=O)c1ccc(C)c(C)c1)CCC(C)C3. The molecule has 0 fully saturated rings. The molecule has 3 aromatic rings. The van der Waals surface area contributed by atoms with Crippen LogP contribution in [0, 0.1) is 19.8 Å². The number of aryl methyl sites for hydroxylation is 4. The van der Waals surface area contributed by atoms with Gasteiger partial charge in [-0.25, -0.2) is 4.98 Å². The van der Waals surface area contributed by atoms with Crippen LogP contribution in [0.3, 0.4) is 0 Å². The summed E-state index contributed by atoms with van der Waals surface area (Å²) in [5.74, 6) is 1.35. The summed E-state index contributed by atoms with van der Waals surface area (Å²) in [4.78, 5) is 33.5. The van der Waals surface area contributed by atoms with Crippen LogP contribution in [0.25, 0.3) is 10.2 Å². The summed E-state index contributed by atoms with van der Waals surface area (Å²) in [6, 6.07) is 5.74. The minimum atomic E-state index is -0.0392. The van der Waals surface area contributed by atoms with Crippen LogP contribution in [0.1, 0.15) is 64.4 Å². The summed E-state index contributed by atoms with van der Waals surface area (Å²) >= 11 is 1.68. The first-order valence-corrected chi connectivity index (χ1v) is 11.3. The number of ketones is 1. The molecule has 1 aromatic carbocycles. The number of hydrogen-bond donors (Lipinski definition) is 0. The summed E-state index contributed by atoms with van der Waals surface area (Å²) < 4.78 is 1.63. The lowest BCUT2D eigenvalue weighted by atomic mass is 9.89. The van der Waals surface area contributed by atoms with E-state index in [1.54, 1.807) is 15.9 Å². The molecule has 1 aliphatic carbocycles. The average molecular weight is 409 g/mol. The van der Waals surface area contributed by atoms with Crippen molar-refractivity contribution in [3.05, 3.63) is 61.5 Å². The van der Waals surface area contributed by atoms with Crippen LogP contribution in [0.2, 0.25) is 0 Å². The third-order valence-electron chi connectivity index (χ3n) is 6.10. The number of benzene rings is 1. The third kappa shape index (κ3) is 3.68. The van der Waals surface area contributed by atoms with Gasteiger partial charge in [0.1, 0.15) is 10.7 Å². The number of rotatable bonds is 5. The molecule has 2 heterocycles. The Morgan fingerprint density at radius 3 is 2.79 bits per heavy atom. The maximum atomic E-state index is 13.5. The highest BCUT2D eigenvalue weighted by atomic mass is 32.1. The minimum absolute atomic E-state index is 0.0357. The van der Waals surface area contributed by atoms with Gasteiger partial charge in [-0.05, 0) is 68.2 Å². The van der Waals surface area contributed by atoms with Crippen molar-refractivity contribution in [2.45, 2.75) is 66.3 Å². The van der Waals surface area contributed by atoms with Gasteiger partial charge in [0, 0.05) is 16.9 Å². The van der Waals surface area contributed by atoms with Crippen molar-refractivity contribution in [1.29, 1.82) is 0 Å². The molecule has 0 N–H and O–H groups in total. The molecule has 4 rings (SSSR count). The quantitative estimate of drug-likeness (QED) is 0.556. The molecule has 0 saturated heterocycles. The lowest BCUT2D eigenvalue weighted by molar-refractivity contribution is 0.0969. The van der Waals surface area contributed by atoms with E-state index in [0.717, 1.165) is 52.9 Å². The van der Waals surface area contributed by atoms with Crippen molar-refractivity contribution in [2.24, 2.45) is 5.92 Å². The van der Waals surface area contributed by atoms with Crippen molar-refractivity contribution >= 4 is 27.3 Å². The highest BCUT2D eigenvalue weighted by molar-refractivity contribution is 7.18. The maximum absolute atomic E-state index is 13.5. The normalized spacial score (nSPS) is 16.2. The standard InChI is InChI=1S/C24H28N2O2S/c1-5-6-21-25-23-22(18-10-7-14(2)11-20(18)29-23)24(28)26(21)13-19(27)17-9-8-15(3)16(4)12-17/h8-9,12,14H,5-7,10-11,13H2,1-4H3. The summed E-state index contributed by atoms with van der Waals surface area (Å²) in [6.07, 6.45) is 4.66. The Bertz CT molecular complexity index is 1160. The van der Waals surface area contributed by atoms with E-state index in [1.807, 2.05) is 32.0 Å². The highest BCUT2D eigenvalue weighted by Crippen LogP contribution is 2.35. The first kappa shape index (κ1) is 20.0. The van der Waals surface area contributed by atoms with E-state index in [2.05, 4.69) is 13.8 Å². The van der Waals surface area contributed by atoms with Crippen LogP contribution >= 0.6 is 11.3 Å². The van der Waals surface area contributed by atoms with E-state index in [1.165, 1.54) is 10.4 Å². The van der Waals surface area contributed by atoms with Crippen LogP contribution in [0.4, 0.5) is 0 Å². The van der Waals surface area contributed by atoms with Crippen molar-refractivity contribution in [1.82, 2.24) is 9.55 Å². The van der Waals surface area contributed by atoms with Crippen LogP contribution in [0.15, 0.2) is 23.0 Å². The molecule has 0 aliphatic heterocycles. The van der Waals surface area contributed by atoms with Gasteiger partial charge in [0.05, 0.1) is 11.9 Å². The van der Waals surface area contributed by atoms with Gasteiger partial charge in [-0.1, -0.05) is 26.0 Å². The van der Waals surface area contributed by atoms with E-state index in [4.69, 9.17) is 4.98 Å². The zero-order valence-electron chi connectivity index (χ0n) is 17.7. The maximum Gasteiger partial charge on any atom is 0.262 e. The molecule has 5 heteroatoms. The van der Waals surface area contributed by atoms with Gasteiger partial charge in [-0.3, -0.25) is 14.2 Å². The zero-order valence-corrected chi connectivity index (χ0v) is 18.5. The monoisotopic (exact) mass is 408 g/mol. The van der Waals surface area contributed by atoms with E-state index in [9.17, 15) is 9.59 Å². The molecular formula is C24H28N2O2S. The second-order valence-electron chi connectivity index (χ2n) is 8.42. The number of Topliss-reactive ketones (excluding diaryl/α,β-unsaturated/α-hetero) is 1. The lowest BCUT2D eigenvalue weighted by Crippen LogP contribution is -2.29. The van der Waals surface area contributed by atoms with Gasteiger partial charge in [0.25, 0.3) is 5.56 Å². The largest absolute Gasteiger partial charge is 0.292 e. The fourth-order valence-corrected chi connectivity index (χ4v) is 5.58. The number of aromatic nitrogens is 2. The molecule has 1 aliphatic rings. The molecule has 0 radical (unpaired) electrons. The van der Waals surface area contributed by atoms with E-state index >= 15 is 0 Å². The molecule has 0 amide bonds. The topological polar surface area (TPSA) is 52.0 Å². The van der Waals surface area contributed by atoms with Crippen LogP contribution in [0.5, 0.6) is 0 Å². The summed E-state index contributed by atoms with van der Waals surface area (Å²) in [7, 11) is 0. The van der Waals surface area contributed by atoms with Gasteiger partial charge in [-0.15, -0.1) is 11.3 Å². The fraction of sp³-hybridized carbons (Fsp3) is 0.458. The molecule has 152 valence electrons. The molecular weight excluding hydrogens is 380 g/mol. The van der Waals surface area contributed by atoms with Crippen molar-refractivity contribution < 1.29 is 4.79 Å². The number of carbonyl (C=O) groups is 1. The van der Waals surface area contributed by atoms with Crippen molar-refractivity contribution in [2.75, 3.05) is 0 Å². The predicted molar refractivity (Wildman–Crippen MR) is 119 cm³/mol. The number of thiophene rings is 1. The minimum Gasteiger partial charge on any atom is -0.292 e. The third-order valence-corrected chi connectivity index (χ3v) is 7.25. The fourth-order valence-electron chi connectivity index (χ4n) is 4.19. The first-order valence-electron chi connectivity index (χ1n) is 10.5. The zero-order chi connectivity index (χ0) is 20.7. The van der Waals surface area contributed by atoms with Gasteiger partial charge in [-0.2, -0.15) is 0 Å². The molecule has 2 aromatic heterocycles. The first-order chi connectivity index (χ1) is 13.9. The number of nitrogens with zero attached hydrogens (tertiary/aromatic N) is 2. The number of hydrogen-bond acceptors (Lipinski definition) is 4. The Morgan fingerprint density at radius 1 is 1.28 bits per heavy atom. The highest BCUT2D eigenvalue weighted by Gasteiger charge is 2.25. The molecule has 1 atom stereocenters. The summed E-state index contributed by atoms with van der Waals surface area (Å²) in [5.41, 5.74) is 4.04. The van der Waals surface area contributed by atoms with Gasteiger partial charge < -0.3 is 0 Å². The molecule has 29 heavy (non-hydrogen) atoms. The molecule has 0 bridgehead atoms. The average Bonchev–Trinajstić information content (AvgIpc) is 3.04. The van der Waals surface area contributed by atoms with Gasteiger partial charge in [0.15, 0.2) is 5.78 Å². The smallest absolute Gasteiger partial charge is 0.262 e. The summed E-state index contributed by atoms with van der Waals surface area (Å²) in [5, 5.41) is 0.754. The second kappa shape index (κ2) is 7.86. The Balaban J connectivity index is 1.80. The van der Waals surface area contributed by atoms with Crippen molar-refractivity contribution in [3.8, 4) is 0 Å². The molecule has 4 nitrogen and oxygen atoms in total. The van der Waals surface area contributed by atoms with E-state index in [-0.39, 0.29) is 17.9 Å². The Morgan fingerprint density at radius 2 is 2.07 bits per heavy atom. The number of fused-ring (bicyclic) bond motifs is 3. The lowest BCUT2D eigenvalue weighted by Gasteiger charge is -2.17. The van der Waals surface area contributed by atoms with Gasteiger partial charge in [0.2, 0.25) is 0 Å². The van der Waals surface area contributed by atoms with Crippen molar-refractivity contribution in [3.63, 3.8) is 0 Å². The van der Waals surface area contributed by atoms with E-state index < -0.39 is 0 Å². The predicted octanol–water partition coefficient (Wildman–Crippen LogP) is 5.04. The Kier molecular flexibility index (Phi) is 5.43. The number of carbonyl (C=O) groups excluding carboxylic acids is 1. The van der Waals surface area contributed by atoms with Gasteiger partial charge >= 0.3 is 0 Å². The second-order valence-corrected chi connectivity index (χ2v) is 9.51.